The predicted molar refractivity (Wildman–Crippen MR) is 86.3 cm³/mol. The number of alkyl halides is 6. The first-order chi connectivity index (χ1) is 13.6. The second kappa shape index (κ2) is 7.71. The highest BCUT2D eigenvalue weighted by atomic mass is 35.5. The maximum absolute atomic E-state index is 12.8. The molecule has 6 nitrogen and oxygen atoms in total. The third kappa shape index (κ3) is 5.81. The molecular weight excluding hydrogens is 402 g/mol. The lowest BCUT2D eigenvalue weighted by molar-refractivity contribution is -0.139. The van der Waals surface area contributed by atoms with Crippen molar-refractivity contribution in [1.29, 1.82) is 0 Å². The maximum atomic E-state index is 12.8. The molecule has 0 bridgehead atoms. The third-order valence-electron chi connectivity index (χ3n) is 3.08. The van der Waals surface area contributed by atoms with Gasteiger partial charge in [-0.3, -0.25) is 0 Å². The molecule has 148 valence electrons. The molecule has 0 radical (unpaired) electrons. The number of anilines is 2. The van der Waals surface area contributed by atoms with Crippen LogP contribution in [0.4, 0.5) is 38.2 Å². The smallest absolute Gasteiger partial charge is 0.343 e. The lowest BCUT2D eigenvalue weighted by Crippen LogP contribution is -2.35. The van der Waals surface area contributed by atoms with Gasteiger partial charge in [0.25, 0.3) is 0 Å². The van der Waals surface area contributed by atoms with Crippen molar-refractivity contribution in [3.63, 3.8) is 0 Å². The van der Waals surface area contributed by atoms with Gasteiger partial charge in [0.15, 0.2) is 5.82 Å². The van der Waals surface area contributed by atoms with E-state index in [1.165, 1.54) is 0 Å². The van der Waals surface area contributed by atoms with Crippen molar-refractivity contribution in [2.24, 2.45) is 0 Å². The van der Waals surface area contributed by atoms with E-state index >= 15 is 0 Å². The Morgan fingerprint density at radius 1 is 0.889 bits per heavy atom. The van der Waals surface area contributed by atoms with Gasteiger partial charge in [0, 0.05) is 0 Å². The Morgan fingerprint density at radius 3 is 1.81 bits per heavy atom. The molecule has 2 rings (SSSR count). The molecule has 2 aromatic rings. The van der Waals surface area contributed by atoms with Crippen molar-refractivity contribution in [1.82, 2.24) is 19.9 Å². The van der Waals surface area contributed by atoms with E-state index in [1.807, 2.05) is 10.6 Å². The molecule has 2 atom stereocenters. The van der Waals surface area contributed by atoms with Crippen LogP contribution in [0.1, 0.15) is 18.0 Å². The van der Waals surface area contributed by atoms with E-state index in [2.05, 4.69) is 19.9 Å². The summed E-state index contributed by atoms with van der Waals surface area (Å²) >= 11 is 5.71. The molecule has 0 aliphatic rings. The number of nitrogens with one attached hydrogen (secondary N) is 2. The maximum Gasteiger partial charge on any atom is 0.408 e. The summed E-state index contributed by atoms with van der Waals surface area (Å²) < 4.78 is 100. The molecule has 2 N–H and O–H groups in total. The van der Waals surface area contributed by atoms with Crippen LogP contribution in [0.5, 0.6) is 0 Å². The highest BCUT2D eigenvalue weighted by molar-refractivity contribution is 6.29. The minimum atomic E-state index is -4.72. The lowest BCUT2D eigenvalue weighted by Gasteiger charge is -2.20. The van der Waals surface area contributed by atoms with E-state index in [1.54, 1.807) is 0 Å². The number of halogens is 7. The third-order valence-corrected chi connectivity index (χ3v) is 3.26. The van der Waals surface area contributed by atoms with Gasteiger partial charge >= 0.3 is 12.4 Å². The molecule has 27 heavy (non-hydrogen) atoms. The molecule has 13 heteroatoms. The summed E-state index contributed by atoms with van der Waals surface area (Å²) in [6.45, 7) is 1.47. The van der Waals surface area contributed by atoms with E-state index in [0.717, 1.165) is 13.8 Å². The summed E-state index contributed by atoms with van der Waals surface area (Å²) in [4.78, 5) is 14.5. The highest BCUT2D eigenvalue weighted by Gasteiger charge is 2.38. The Morgan fingerprint density at radius 2 is 1.37 bits per heavy atom. The lowest BCUT2D eigenvalue weighted by atomic mass is 10.3. The average molecular weight is 418 g/mol. The van der Waals surface area contributed by atoms with Gasteiger partial charge in [-0.25, -0.2) is 4.98 Å². The molecule has 2 aromatic heterocycles. The number of hydrogen-bond acceptors (Lipinski definition) is 6. The molecule has 2 unspecified atom stereocenters. The van der Waals surface area contributed by atoms with Gasteiger partial charge in [-0.2, -0.15) is 41.3 Å². The van der Waals surface area contributed by atoms with Gasteiger partial charge in [-0.05, 0) is 25.9 Å². The minimum absolute atomic E-state index is 0.520. The van der Waals surface area contributed by atoms with Crippen LogP contribution in [0.3, 0.4) is 0 Å². The molecule has 0 saturated heterocycles. The Bertz CT molecular complexity index is 902. The summed E-state index contributed by atoms with van der Waals surface area (Å²) in [5.41, 5.74) is -0.520. The summed E-state index contributed by atoms with van der Waals surface area (Å²) in [6, 6.07) is -6.31. The van der Waals surface area contributed by atoms with Crippen molar-refractivity contribution in [2.75, 3.05) is 10.6 Å². The van der Waals surface area contributed by atoms with E-state index in [-0.39, 0.29) is 0 Å². The van der Waals surface area contributed by atoms with Gasteiger partial charge < -0.3 is 10.6 Å². The van der Waals surface area contributed by atoms with E-state index in [9.17, 15) is 26.3 Å². The van der Waals surface area contributed by atoms with Gasteiger partial charge in [0.1, 0.15) is 22.9 Å². The molecule has 0 aromatic carbocycles. The largest absolute Gasteiger partial charge is 0.408 e. The van der Waals surface area contributed by atoms with Crippen molar-refractivity contribution >= 4 is 23.5 Å². The zero-order valence-electron chi connectivity index (χ0n) is 16.6. The minimum Gasteiger partial charge on any atom is -0.343 e. The fourth-order valence-corrected chi connectivity index (χ4v) is 1.70. The number of rotatable bonds is 5. The SMILES string of the molecule is [2H]c1c(Cl)nc(-c2nc(NC(C)C(F)(F)F)nc(NC(C)C(F)(F)F)n2)c([2H])c1[2H]. The first-order valence-electron chi connectivity index (χ1n) is 8.67. The summed E-state index contributed by atoms with van der Waals surface area (Å²) in [6.07, 6.45) is -9.44. The fourth-order valence-electron chi connectivity index (χ4n) is 1.56. The summed E-state index contributed by atoms with van der Waals surface area (Å²) in [5, 5.41) is 3.25. The number of pyridine rings is 1. The molecule has 0 aliphatic heterocycles. The first kappa shape index (κ1) is 16.8. The van der Waals surface area contributed by atoms with Crippen molar-refractivity contribution in [2.45, 2.75) is 38.3 Å². The summed E-state index contributed by atoms with van der Waals surface area (Å²) in [5.74, 6) is -2.11. The summed E-state index contributed by atoms with van der Waals surface area (Å²) in [7, 11) is 0. The Hall–Kier alpha value is -2.37. The van der Waals surface area contributed by atoms with Crippen LogP contribution >= 0.6 is 11.6 Å². The molecule has 0 fully saturated rings. The topological polar surface area (TPSA) is 75.6 Å². The first-order valence-corrected chi connectivity index (χ1v) is 7.55. The highest BCUT2D eigenvalue weighted by Crippen LogP contribution is 2.26. The van der Waals surface area contributed by atoms with Crippen LogP contribution in [-0.4, -0.2) is 44.4 Å². The van der Waals surface area contributed by atoms with E-state index in [0.29, 0.717) is 0 Å². The standard InChI is InChI=1S/C14H13ClF6N6/c1-6(13(16,17)18)22-11-25-10(8-4-3-5-9(15)24-8)26-12(27-11)23-7(2)14(19,20)21/h3-7H,1-2H3,(H2,22,23,25,26,27)/i3D,4D,5D. The van der Waals surface area contributed by atoms with Crippen molar-refractivity contribution < 1.29 is 30.5 Å². The Labute approximate surface area is 158 Å². The van der Waals surface area contributed by atoms with Crippen molar-refractivity contribution in [3.8, 4) is 11.5 Å². The van der Waals surface area contributed by atoms with Crippen LogP contribution in [-0.2, 0) is 0 Å². The van der Waals surface area contributed by atoms with Gasteiger partial charge in [-0.1, -0.05) is 17.6 Å². The second-order valence-electron chi connectivity index (χ2n) is 5.25. The van der Waals surface area contributed by atoms with Crippen LogP contribution < -0.4 is 10.6 Å². The number of nitrogens with zero attached hydrogens (tertiary/aromatic N) is 4. The monoisotopic (exact) mass is 417 g/mol. The molecule has 0 spiro atoms. The van der Waals surface area contributed by atoms with Crippen LogP contribution in [0.2, 0.25) is 5.15 Å². The second-order valence-corrected chi connectivity index (χ2v) is 5.61. The fraction of sp³-hybridized carbons (Fsp3) is 0.429. The molecule has 0 saturated carbocycles. The van der Waals surface area contributed by atoms with Crippen molar-refractivity contribution in [3.05, 3.63) is 23.3 Å². The molecule has 0 amide bonds. The Balaban J connectivity index is 2.60. The Kier molecular flexibility index (Phi) is 4.79. The van der Waals surface area contributed by atoms with E-state index < -0.39 is 71.1 Å². The molecule has 0 aliphatic carbocycles. The number of hydrogen-bond donors (Lipinski definition) is 2. The quantitative estimate of drug-likeness (QED) is 0.557. The van der Waals surface area contributed by atoms with E-state index in [4.69, 9.17) is 15.7 Å². The zero-order chi connectivity index (χ0) is 23.0. The normalized spacial score (nSPS) is 16.1. The number of aromatic nitrogens is 4. The molecule has 2 heterocycles. The van der Waals surface area contributed by atoms with Crippen LogP contribution in [0, 0.1) is 0 Å². The molecular formula is C14H13ClF6N6. The van der Waals surface area contributed by atoms with Gasteiger partial charge in [-0.15, -0.1) is 0 Å². The van der Waals surface area contributed by atoms with Crippen LogP contribution in [0.25, 0.3) is 11.5 Å². The average Bonchev–Trinajstić information content (AvgIpc) is 2.61. The van der Waals surface area contributed by atoms with Gasteiger partial charge in [0.2, 0.25) is 11.9 Å². The van der Waals surface area contributed by atoms with Crippen LogP contribution in [0.15, 0.2) is 18.1 Å². The predicted octanol–water partition coefficient (Wildman–Crippen LogP) is 4.31. The zero-order valence-corrected chi connectivity index (χ0v) is 14.3. The van der Waals surface area contributed by atoms with Gasteiger partial charge in [0.05, 0.1) is 4.11 Å².